The van der Waals surface area contributed by atoms with Crippen molar-refractivity contribution in [3.63, 3.8) is 0 Å². The van der Waals surface area contributed by atoms with Crippen LogP contribution in [0.3, 0.4) is 0 Å². The highest BCUT2D eigenvalue weighted by Gasteiger charge is 2.22. The molecule has 3 rings (SSSR count). The van der Waals surface area contributed by atoms with Crippen molar-refractivity contribution in [2.75, 3.05) is 29.5 Å². The summed E-state index contributed by atoms with van der Waals surface area (Å²) in [5.74, 6) is 3.22. The molecule has 0 spiro atoms. The number of aromatic nitrogens is 2. The number of nitrogens with zero attached hydrogens (tertiary/aromatic N) is 3. The summed E-state index contributed by atoms with van der Waals surface area (Å²) in [6.07, 6.45) is 2.08. The molecule has 0 bridgehead atoms. The first-order valence-corrected chi connectivity index (χ1v) is 8.39. The van der Waals surface area contributed by atoms with E-state index in [4.69, 9.17) is 0 Å². The minimum absolute atomic E-state index is 0.714. The van der Waals surface area contributed by atoms with E-state index in [1.54, 1.807) is 0 Å². The highest BCUT2D eigenvalue weighted by atomic mass is 32.2. The van der Waals surface area contributed by atoms with Gasteiger partial charge >= 0.3 is 0 Å². The van der Waals surface area contributed by atoms with Crippen molar-refractivity contribution in [2.24, 2.45) is 0 Å². The fourth-order valence-corrected chi connectivity index (χ4v) is 3.56. The standard InChI is InChI=1S/C16H19N3OS/c1-13-15(12-20)16(18-8-5-10-21-11-9-18)19(17-13)14-6-3-2-4-7-14/h2-4,6-7,12H,5,8-11H2,1H3. The summed E-state index contributed by atoms with van der Waals surface area (Å²) in [5, 5.41) is 4.59. The minimum Gasteiger partial charge on any atom is -0.355 e. The molecule has 0 saturated carbocycles. The maximum Gasteiger partial charge on any atom is 0.155 e. The number of carbonyl (C=O) groups is 1. The largest absolute Gasteiger partial charge is 0.355 e. The average molecular weight is 301 g/mol. The van der Waals surface area contributed by atoms with Crippen molar-refractivity contribution in [3.8, 4) is 5.69 Å². The molecule has 0 unspecified atom stereocenters. The van der Waals surface area contributed by atoms with Gasteiger partial charge < -0.3 is 4.90 Å². The van der Waals surface area contributed by atoms with Crippen molar-refractivity contribution in [2.45, 2.75) is 13.3 Å². The maximum atomic E-state index is 11.5. The zero-order chi connectivity index (χ0) is 14.7. The Morgan fingerprint density at radius 3 is 2.76 bits per heavy atom. The van der Waals surface area contributed by atoms with E-state index in [-0.39, 0.29) is 0 Å². The molecule has 1 aromatic heterocycles. The number of hydrogen-bond donors (Lipinski definition) is 0. The molecular formula is C16H19N3OS. The van der Waals surface area contributed by atoms with E-state index in [0.29, 0.717) is 5.56 Å². The second kappa shape index (κ2) is 6.35. The minimum atomic E-state index is 0.714. The van der Waals surface area contributed by atoms with Crippen LogP contribution in [0.4, 0.5) is 5.82 Å². The van der Waals surface area contributed by atoms with Gasteiger partial charge in [-0.25, -0.2) is 4.68 Å². The van der Waals surface area contributed by atoms with E-state index < -0.39 is 0 Å². The van der Waals surface area contributed by atoms with Gasteiger partial charge in [0.2, 0.25) is 0 Å². The normalized spacial score (nSPS) is 15.8. The van der Waals surface area contributed by atoms with Gasteiger partial charge in [-0.1, -0.05) is 18.2 Å². The van der Waals surface area contributed by atoms with E-state index in [0.717, 1.165) is 48.7 Å². The fourth-order valence-electron chi connectivity index (χ4n) is 2.68. The number of hydrogen-bond acceptors (Lipinski definition) is 4. The molecule has 0 aliphatic carbocycles. The summed E-state index contributed by atoms with van der Waals surface area (Å²) in [6.45, 7) is 3.84. The van der Waals surface area contributed by atoms with E-state index in [9.17, 15) is 4.79 Å². The van der Waals surface area contributed by atoms with Gasteiger partial charge in [0.05, 0.1) is 16.9 Å². The molecule has 0 radical (unpaired) electrons. The monoisotopic (exact) mass is 301 g/mol. The predicted molar refractivity (Wildman–Crippen MR) is 87.8 cm³/mol. The molecular weight excluding hydrogens is 282 g/mol. The number of aldehydes is 1. The Kier molecular flexibility index (Phi) is 4.29. The Hall–Kier alpha value is -1.75. The van der Waals surface area contributed by atoms with E-state index in [1.807, 2.05) is 53.7 Å². The molecule has 110 valence electrons. The average Bonchev–Trinajstić information content (AvgIpc) is 2.69. The summed E-state index contributed by atoms with van der Waals surface area (Å²) in [7, 11) is 0. The highest BCUT2D eigenvalue weighted by Crippen LogP contribution is 2.27. The SMILES string of the molecule is Cc1nn(-c2ccccc2)c(N2CCCSCC2)c1C=O. The lowest BCUT2D eigenvalue weighted by atomic mass is 10.2. The molecule has 2 aromatic rings. The van der Waals surface area contributed by atoms with Gasteiger partial charge in [0.1, 0.15) is 5.82 Å². The van der Waals surface area contributed by atoms with Crippen LogP contribution in [0, 0.1) is 6.92 Å². The zero-order valence-electron chi connectivity index (χ0n) is 12.2. The van der Waals surface area contributed by atoms with Crippen LogP contribution in [-0.2, 0) is 0 Å². The van der Waals surface area contributed by atoms with E-state index in [2.05, 4.69) is 10.00 Å². The topological polar surface area (TPSA) is 38.1 Å². The lowest BCUT2D eigenvalue weighted by Gasteiger charge is -2.23. The molecule has 5 heteroatoms. The molecule has 0 amide bonds. The third kappa shape index (κ3) is 2.83. The number of thioether (sulfide) groups is 1. The first kappa shape index (κ1) is 14.2. The van der Waals surface area contributed by atoms with Crippen LogP contribution in [0.1, 0.15) is 22.5 Å². The molecule has 1 aliphatic rings. The van der Waals surface area contributed by atoms with Crippen molar-refractivity contribution < 1.29 is 4.79 Å². The van der Waals surface area contributed by atoms with Gasteiger partial charge in [-0.3, -0.25) is 4.79 Å². The van der Waals surface area contributed by atoms with Gasteiger partial charge in [-0.05, 0) is 31.2 Å². The summed E-state index contributed by atoms with van der Waals surface area (Å²) in [5.41, 5.74) is 2.51. The zero-order valence-corrected chi connectivity index (χ0v) is 13.0. The molecule has 2 heterocycles. The van der Waals surface area contributed by atoms with Crippen molar-refractivity contribution in [3.05, 3.63) is 41.6 Å². The second-order valence-corrected chi connectivity index (χ2v) is 6.37. The molecule has 1 saturated heterocycles. The highest BCUT2D eigenvalue weighted by molar-refractivity contribution is 7.99. The van der Waals surface area contributed by atoms with E-state index in [1.165, 1.54) is 5.75 Å². The molecule has 1 aliphatic heterocycles. The summed E-state index contributed by atoms with van der Waals surface area (Å²) < 4.78 is 1.91. The van der Waals surface area contributed by atoms with Crippen LogP contribution >= 0.6 is 11.8 Å². The Labute approximate surface area is 129 Å². The lowest BCUT2D eigenvalue weighted by Crippen LogP contribution is -2.28. The van der Waals surface area contributed by atoms with Gasteiger partial charge in [0, 0.05) is 18.8 Å². The van der Waals surface area contributed by atoms with Crippen molar-refractivity contribution >= 4 is 23.9 Å². The number of anilines is 1. The third-order valence-electron chi connectivity index (χ3n) is 3.72. The van der Waals surface area contributed by atoms with Crippen LogP contribution in [0.5, 0.6) is 0 Å². The van der Waals surface area contributed by atoms with Crippen LogP contribution < -0.4 is 4.90 Å². The van der Waals surface area contributed by atoms with Gasteiger partial charge in [0.15, 0.2) is 6.29 Å². The Bertz CT molecular complexity index is 616. The van der Waals surface area contributed by atoms with Crippen LogP contribution in [-0.4, -0.2) is 40.7 Å². The molecule has 1 aromatic carbocycles. The number of benzene rings is 1. The summed E-state index contributed by atoms with van der Waals surface area (Å²) in [4.78, 5) is 13.8. The summed E-state index contributed by atoms with van der Waals surface area (Å²) in [6, 6.07) is 10.0. The van der Waals surface area contributed by atoms with Gasteiger partial charge in [0.25, 0.3) is 0 Å². The first-order chi connectivity index (χ1) is 10.3. The molecule has 21 heavy (non-hydrogen) atoms. The molecule has 4 nitrogen and oxygen atoms in total. The molecule has 1 fully saturated rings. The maximum absolute atomic E-state index is 11.5. The lowest BCUT2D eigenvalue weighted by molar-refractivity contribution is 0.112. The summed E-state index contributed by atoms with van der Waals surface area (Å²) >= 11 is 1.98. The Balaban J connectivity index is 2.10. The first-order valence-electron chi connectivity index (χ1n) is 7.24. The fraction of sp³-hybridized carbons (Fsp3) is 0.375. The van der Waals surface area contributed by atoms with E-state index >= 15 is 0 Å². The molecule has 0 atom stereocenters. The van der Waals surface area contributed by atoms with Crippen LogP contribution in [0.25, 0.3) is 5.69 Å². The predicted octanol–water partition coefficient (Wildman–Crippen LogP) is 2.94. The smallest absolute Gasteiger partial charge is 0.155 e. The number of para-hydroxylation sites is 1. The molecule has 0 N–H and O–H groups in total. The van der Waals surface area contributed by atoms with Crippen LogP contribution in [0.15, 0.2) is 30.3 Å². The van der Waals surface area contributed by atoms with Gasteiger partial charge in [-0.15, -0.1) is 0 Å². The van der Waals surface area contributed by atoms with Crippen molar-refractivity contribution in [1.29, 1.82) is 0 Å². The van der Waals surface area contributed by atoms with Gasteiger partial charge in [-0.2, -0.15) is 16.9 Å². The quantitative estimate of drug-likeness (QED) is 0.817. The third-order valence-corrected chi connectivity index (χ3v) is 4.77. The number of carbonyl (C=O) groups excluding carboxylic acids is 1. The number of rotatable bonds is 3. The second-order valence-electron chi connectivity index (χ2n) is 5.14. The Morgan fingerprint density at radius 1 is 1.19 bits per heavy atom. The Morgan fingerprint density at radius 2 is 2.00 bits per heavy atom. The van der Waals surface area contributed by atoms with Crippen LogP contribution in [0.2, 0.25) is 0 Å². The number of aryl methyl sites for hydroxylation is 1. The van der Waals surface area contributed by atoms with Crippen molar-refractivity contribution in [1.82, 2.24) is 9.78 Å².